The Kier molecular flexibility index (Phi) is 4.92. The second-order valence-corrected chi connectivity index (χ2v) is 6.34. The van der Waals surface area contributed by atoms with Gasteiger partial charge in [-0.25, -0.2) is 4.79 Å². The van der Waals surface area contributed by atoms with Gasteiger partial charge in [0.2, 0.25) is 0 Å². The molecule has 2 heterocycles. The summed E-state index contributed by atoms with van der Waals surface area (Å²) in [7, 11) is 0. The summed E-state index contributed by atoms with van der Waals surface area (Å²) < 4.78 is 5.33. The molecule has 0 radical (unpaired) electrons. The molecule has 0 spiro atoms. The summed E-state index contributed by atoms with van der Waals surface area (Å²) in [5.41, 5.74) is 0. The van der Waals surface area contributed by atoms with Gasteiger partial charge in [0.1, 0.15) is 5.75 Å². The van der Waals surface area contributed by atoms with E-state index in [9.17, 15) is 9.59 Å². The lowest BCUT2D eigenvalue weighted by Crippen LogP contribution is -2.47. The van der Waals surface area contributed by atoms with Gasteiger partial charge >= 0.3 is 6.09 Å². The van der Waals surface area contributed by atoms with Crippen LogP contribution in [-0.4, -0.2) is 36.0 Å². The van der Waals surface area contributed by atoms with Crippen LogP contribution in [-0.2, 0) is 0 Å². The van der Waals surface area contributed by atoms with Gasteiger partial charge in [-0.15, -0.1) is 11.3 Å². The van der Waals surface area contributed by atoms with Crippen molar-refractivity contribution in [2.24, 2.45) is 0 Å². The summed E-state index contributed by atoms with van der Waals surface area (Å²) in [4.78, 5) is 26.5. The average molecular weight is 330 g/mol. The van der Waals surface area contributed by atoms with Crippen LogP contribution in [0.4, 0.5) is 4.79 Å². The number of hydrogen-bond acceptors (Lipinski definition) is 4. The average Bonchev–Trinajstić information content (AvgIpc) is 3.11. The number of piperidine rings is 1. The molecular formula is C17H18N2O3S. The van der Waals surface area contributed by atoms with Crippen LogP contribution in [0.15, 0.2) is 47.8 Å². The minimum atomic E-state index is -0.334. The summed E-state index contributed by atoms with van der Waals surface area (Å²) in [6.07, 6.45) is 1.14. The number of hydrogen-bond donors (Lipinski definition) is 1. The molecule has 1 aromatic heterocycles. The molecule has 1 aliphatic rings. The molecule has 0 unspecified atom stereocenters. The molecule has 0 saturated carbocycles. The standard InChI is InChI=1S/C17H18N2O3S/c20-16(15-7-4-12-23-15)18-13-8-10-19(11-9-13)17(21)22-14-5-2-1-3-6-14/h1-7,12-13H,8-11H2,(H,18,20). The summed E-state index contributed by atoms with van der Waals surface area (Å²) in [6, 6.07) is 12.8. The zero-order valence-electron chi connectivity index (χ0n) is 12.6. The lowest BCUT2D eigenvalue weighted by atomic mass is 10.1. The molecule has 0 aliphatic carbocycles. The third-order valence-electron chi connectivity index (χ3n) is 3.78. The molecule has 1 N–H and O–H groups in total. The Balaban J connectivity index is 1.46. The van der Waals surface area contributed by atoms with Crippen molar-refractivity contribution in [1.29, 1.82) is 0 Å². The quantitative estimate of drug-likeness (QED) is 0.940. The van der Waals surface area contributed by atoms with E-state index in [1.807, 2.05) is 35.7 Å². The van der Waals surface area contributed by atoms with Crippen molar-refractivity contribution in [3.63, 3.8) is 0 Å². The molecule has 6 heteroatoms. The fourth-order valence-electron chi connectivity index (χ4n) is 2.52. The van der Waals surface area contributed by atoms with Gasteiger partial charge in [-0.2, -0.15) is 0 Å². The van der Waals surface area contributed by atoms with E-state index in [0.29, 0.717) is 18.8 Å². The molecule has 1 fully saturated rings. The third kappa shape index (κ3) is 4.10. The van der Waals surface area contributed by atoms with Gasteiger partial charge in [-0.1, -0.05) is 24.3 Å². The Morgan fingerprint density at radius 3 is 2.48 bits per heavy atom. The predicted octanol–water partition coefficient (Wildman–Crippen LogP) is 3.14. The number of likely N-dealkylation sites (tertiary alicyclic amines) is 1. The van der Waals surface area contributed by atoms with Crippen molar-refractivity contribution in [3.05, 3.63) is 52.7 Å². The normalized spacial score (nSPS) is 15.2. The lowest BCUT2D eigenvalue weighted by molar-refractivity contribution is 0.0914. The Morgan fingerprint density at radius 1 is 1.09 bits per heavy atom. The number of ether oxygens (including phenoxy) is 1. The zero-order chi connectivity index (χ0) is 16.1. The van der Waals surface area contributed by atoms with Crippen LogP contribution in [0.25, 0.3) is 0 Å². The number of amides is 2. The molecular weight excluding hydrogens is 312 g/mol. The molecule has 1 saturated heterocycles. The first-order valence-electron chi connectivity index (χ1n) is 7.58. The highest BCUT2D eigenvalue weighted by Crippen LogP contribution is 2.16. The lowest BCUT2D eigenvalue weighted by Gasteiger charge is -2.31. The fourth-order valence-corrected chi connectivity index (χ4v) is 3.15. The highest BCUT2D eigenvalue weighted by atomic mass is 32.1. The Hall–Kier alpha value is -2.34. The molecule has 0 bridgehead atoms. The van der Waals surface area contributed by atoms with Gasteiger partial charge < -0.3 is 15.0 Å². The number of benzene rings is 1. The van der Waals surface area contributed by atoms with E-state index in [2.05, 4.69) is 5.32 Å². The second kappa shape index (κ2) is 7.28. The van der Waals surface area contributed by atoms with Crippen LogP contribution in [0, 0.1) is 0 Å². The zero-order valence-corrected chi connectivity index (χ0v) is 13.4. The Bertz CT molecular complexity index is 650. The molecule has 0 atom stereocenters. The van der Waals surface area contributed by atoms with Crippen LogP contribution in [0.1, 0.15) is 22.5 Å². The van der Waals surface area contributed by atoms with E-state index >= 15 is 0 Å². The number of carbonyl (C=O) groups is 2. The molecule has 120 valence electrons. The van der Waals surface area contributed by atoms with Gasteiger partial charge in [0.25, 0.3) is 5.91 Å². The van der Waals surface area contributed by atoms with Crippen molar-refractivity contribution in [3.8, 4) is 5.75 Å². The fraction of sp³-hybridized carbons (Fsp3) is 0.294. The van der Waals surface area contributed by atoms with E-state index < -0.39 is 0 Å². The second-order valence-electron chi connectivity index (χ2n) is 5.39. The molecule has 3 rings (SSSR count). The Labute approximate surface area is 138 Å². The molecule has 5 nitrogen and oxygen atoms in total. The van der Waals surface area contributed by atoms with Crippen molar-refractivity contribution >= 4 is 23.3 Å². The number of rotatable bonds is 3. The molecule has 2 amide bonds. The maximum absolute atomic E-state index is 12.1. The monoisotopic (exact) mass is 330 g/mol. The molecule has 1 aromatic carbocycles. The number of carbonyl (C=O) groups excluding carboxylic acids is 2. The maximum Gasteiger partial charge on any atom is 0.415 e. The molecule has 1 aliphatic heterocycles. The summed E-state index contributed by atoms with van der Waals surface area (Å²) in [5.74, 6) is 0.510. The van der Waals surface area contributed by atoms with Crippen LogP contribution >= 0.6 is 11.3 Å². The predicted molar refractivity (Wildman–Crippen MR) is 88.8 cm³/mol. The summed E-state index contributed by atoms with van der Waals surface area (Å²) >= 11 is 1.43. The number of nitrogens with one attached hydrogen (secondary N) is 1. The van der Waals surface area contributed by atoms with Gasteiger partial charge in [0.05, 0.1) is 4.88 Å². The van der Waals surface area contributed by atoms with E-state index in [1.165, 1.54) is 11.3 Å². The first kappa shape index (κ1) is 15.6. The van der Waals surface area contributed by atoms with E-state index in [0.717, 1.165) is 17.7 Å². The molecule has 23 heavy (non-hydrogen) atoms. The highest BCUT2D eigenvalue weighted by Gasteiger charge is 2.25. The van der Waals surface area contributed by atoms with Gasteiger partial charge in [-0.3, -0.25) is 4.79 Å². The Morgan fingerprint density at radius 2 is 1.83 bits per heavy atom. The van der Waals surface area contributed by atoms with E-state index in [-0.39, 0.29) is 18.0 Å². The minimum absolute atomic E-state index is 0.0367. The van der Waals surface area contributed by atoms with Gasteiger partial charge in [0.15, 0.2) is 0 Å². The summed E-state index contributed by atoms with van der Waals surface area (Å²) in [6.45, 7) is 1.17. The van der Waals surface area contributed by atoms with Crippen LogP contribution in [0.2, 0.25) is 0 Å². The van der Waals surface area contributed by atoms with E-state index in [4.69, 9.17) is 4.74 Å². The number of nitrogens with zero attached hydrogens (tertiary/aromatic N) is 1. The van der Waals surface area contributed by atoms with Gasteiger partial charge in [-0.05, 0) is 36.4 Å². The molecule has 2 aromatic rings. The first-order valence-corrected chi connectivity index (χ1v) is 8.46. The van der Waals surface area contributed by atoms with Crippen molar-refractivity contribution < 1.29 is 14.3 Å². The minimum Gasteiger partial charge on any atom is -0.410 e. The van der Waals surface area contributed by atoms with Crippen LogP contribution < -0.4 is 10.1 Å². The van der Waals surface area contributed by atoms with Gasteiger partial charge in [0, 0.05) is 19.1 Å². The van der Waals surface area contributed by atoms with Crippen molar-refractivity contribution in [2.45, 2.75) is 18.9 Å². The van der Waals surface area contributed by atoms with E-state index in [1.54, 1.807) is 17.0 Å². The highest BCUT2D eigenvalue weighted by molar-refractivity contribution is 7.12. The largest absolute Gasteiger partial charge is 0.415 e. The SMILES string of the molecule is O=C(NC1CCN(C(=O)Oc2ccccc2)CC1)c1cccs1. The van der Waals surface area contributed by atoms with Crippen molar-refractivity contribution in [2.75, 3.05) is 13.1 Å². The number of thiophene rings is 1. The summed E-state index contributed by atoms with van der Waals surface area (Å²) in [5, 5.41) is 4.91. The van der Waals surface area contributed by atoms with Crippen molar-refractivity contribution in [1.82, 2.24) is 10.2 Å². The first-order chi connectivity index (χ1) is 11.2. The number of para-hydroxylation sites is 1. The maximum atomic E-state index is 12.1. The van der Waals surface area contributed by atoms with Crippen LogP contribution in [0.5, 0.6) is 5.75 Å². The third-order valence-corrected chi connectivity index (χ3v) is 4.65. The topological polar surface area (TPSA) is 58.6 Å². The smallest absolute Gasteiger partial charge is 0.410 e. The van der Waals surface area contributed by atoms with Crippen LogP contribution in [0.3, 0.4) is 0 Å².